The maximum atomic E-state index is 5.24. The molecule has 12 rings (SSSR count). The molecule has 0 amide bonds. The minimum atomic E-state index is 0.920. The van der Waals surface area contributed by atoms with Crippen molar-refractivity contribution in [3.8, 4) is 83.8 Å². The summed E-state index contributed by atoms with van der Waals surface area (Å²) in [6.07, 6.45) is 0. The second kappa shape index (κ2) is 16.3. The molecule has 65 heavy (non-hydrogen) atoms. The maximum Gasteiger partial charge on any atom is 0.145 e. The van der Waals surface area contributed by atoms with Crippen LogP contribution in [0.1, 0.15) is 0 Å². The Hall–Kier alpha value is -8.59. The highest BCUT2D eigenvalue weighted by Gasteiger charge is 2.22. The molecule has 1 aromatic heterocycles. The van der Waals surface area contributed by atoms with Gasteiger partial charge >= 0.3 is 0 Å². The van der Waals surface area contributed by atoms with Crippen LogP contribution in [-0.2, 0) is 0 Å². The Balaban J connectivity index is 1.06. The fourth-order valence-corrected chi connectivity index (χ4v) is 9.98. The van der Waals surface area contributed by atoms with Crippen LogP contribution in [0, 0.1) is 0 Å². The zero-order valence-corrected chi connectivity index (χ0v) is 35.6. The van der Waals surface area contributed by atoms with E-state index in [0.29, 0.717) is 0 Å². The van der Waals surface area contributed by atoms with Crippen LogP contribution in [0.5, 0.6) is 0 Å². The van der Waals surface area contributed by atoms with Gasteiger partial charge in [0.25, 0.3) is 0 Å². The normalized spacial score (nSPS) is 11.4. The summed E-state index contributed by atoms with van der Waals surface area (Å²) >= 11 is 0. The Morgan fingerprint density at radius 2 is 0.646 bits per heavy atom. The zero-order chi connectivity index (χ0) is 43.1. The van der Waals surface area contributed by atoms with Crippen LogP contribution < -0.4 is 0 Å². The zero-order valence-electron chi connectivity index (χ0n) is 35.6. The fourth-order valence-electron chi connectivity index (χ4n) is 9.98. The molecule has 12 aromatic rings. The lowest BCUT2D eigenvalue weighted by atomic mass is 9.82. The summed E-state index contributed by atoms with van der Waals surface area (Å²) in [5.74, 6) is 0.920. The molecule has 0 spiro atoms. The molecule has 0 unspecified atom stereocenters. The van der Waals surface area contributed by atoms with Crippen molar-refractivity contribution in [2.24, 2.45) is 0 Å². The van der Waals surface area contributed by atoms with E-state index < -0.39 is 0 Å². The lowest BCUT2D eigenvalue weighted by molar-refractivity contribution is 1.10. The minimum absolute atomic E-state index is 0.920. The second-order valence-corrected chi connectivity index (χ2v) is 16.6. The van der Waals surface area contributed by atoms with Gasteiger partial charge in [0.05, 0.1) is 11.0 Å². The van der Waals surface area contributed by atoms with Crippen LogP contribution >= 0.6 is 0 Å². The maximum absolute atomic E-state index is 5.24. The summed E-state index contributed by atoms with van der Waals surface area (Å²) in [5.41, 5.74) is 18.6. The lowest BCUT2D eigenvalue weighted by Crippen LogP contribution is -1.97. The Bertz CT molecular complexity index is 3630. The average molecular weight is 827 g/mol. The van der Waals surface area contributed by atoms with Crippen molar-refractivity contribution in [3.63, 3.8) is 0 Å². The molecule has 0 bridgehead atoms. The van der Waals surface area contributed by atoms with E-state index in [4.69, 9.17) is 4.98 Å². The summed E-state index contributed by atoms with van der Waals surface area (Å²) in [5, 5.41) is 4.86. The third-order valence-corrected chi connectivity index (χ3v) is 12.8. The van der Waals surface area contributed by atoms with Gasteiger partial charge in [0, 0.05) is 11.3 Å². The van der Waals surface area contributed by atoms with E-state index in [1.807, 2.05) is 0 Å². The topological polar surface area (TPSA) is 17.8 Å². The van der Waals surface area contributed by atoms with Gasteiger partial charge in [-0.15, -0.1) is 0 Å². The molecule has 0 saturated heterocycles. The molecule has 0 saturated carbocycles. The highest BCUT2D eigenvalue weighted by atomic mass is 15.1. The molecule has 0 atom stereocenters. The van der Waals surface area contributed by atoms with E-state index in [1.165, 1.54) is 82.7 Å². The molecule has 0 aliphatic rings. The SMILES string of the molecule is c1ccc(-c2ccc(-c3cccc(-c4c5ccccc5c(-c5cccc(-c6nc7ccccc7n6-c6ccccc6)c5)c5ccccc45)c3)c(-c3ccccc3)c2-c2ccccc2)cc1. The summed E-state index contributed by atoms with van der Waals surface area (Å²) in [6, 6.07) is 92.1. The second-order valence-electron chi connectivity index (χ2n) is 16.6. The molecule has 2 heteroatoms. The number of benzene rings is 11. The van der Waals surface area contributed by atoms with Crippen molar-refractivity contribution in [1.29, 1.82) is 0 Å². The molecule has 0 aliphatic heterocycles. The first-order valence-corrected chi connectivity index (χ1v) is 22.3. The van der Waals surface area contributed by atoms with Crippen molar-refractivity contribution in [1.82, 2.24) is 9.55 Å². The predicted molar refractivity (Wildman–Crippen MR) is 274 cm³/mol. The third-order valence-electron chi connectivity index (χ3n) is 12.8. The van der Waals surface area contributed by atoms with Gasteiger partial charge in [-0.3, -0.25) is 4.57 Å². The number of imidazole rings is 1. The molecule has 0 N–H and O–H groups in total. The highest BCUT2D eigenvalue weighted by molar-refractivity contribution is 6.21. The van der Waals surface area contributed by atoms with E-state index >= 15 is 0 Å². The molecule has 0 radical (unpaired) electrons. The van der Waals surface area contributed by atoms with Crippen LogP contribution in [0.25, 0.3) is 116 Å². The number of fused-ring (bicyclic) bond motifs is 3. The standard InChI is InChI=1S/C63H42N2/c1-5-21-43(22-6-1)51-39-40-52(62(45-25-9-3-10-26-45)61(51)44-23-7-2-8-24-44)46-27-19-28-47(41-46)59-53-33-13-15-35-55(53)60(56-36-16-14-34-54(56)59)48-29-20-30-49(42-48)63-64-57-37-17-18-38-58(57)65(63)50-31-11-4-12-32-50/h1-42H. The van der Waals surface area contributed by atoms with Gasteiger partial charge in [0.15, 0.2) is 0 Å². The van der Waals surface area contributed by atoms with Crippen molar-refractivity contribution in [3.05, 3.63) is 255 Å². The fraction of sp³-hybridized carbons (Fsp3) is 0. The predicted octanol–water partition coefficient (Wildman–Crippen LogP) is 17.0. The molecule has 304 valence electrons. The summed E-state index contributed by atoms with van der Waals surface area (Å²) in [6.45, 7) is 0. The molecule has 2 nitrogen and oxygen atoms in total. The molecular formula is C63H42N2. The summed E-state index contributed by atoms with van der Waals surface area (Å²) in [7, 11) is 0. The van der Waals surface area contributed by atoms with Crippen LogP contribution in [-0.4, -0.2) is 9.55 Å². The molecule has 0 aliphatic carbocycles. The van der Waals surface area contributed by atoms with E-state index in [9.17, 15) is 0 Å². The van der Waals surface area contributed by atoms with E-state index in [0.717, 1.165) is 33.7 Å². The number of aromatic nitrogens is 2. The summed E-state index contributed by atoms with van der Waals surface area (Å²) < 4.78 is 2.28. The van der Waals surface area contributed by atoms with Gasteiger partial charge < -0.3 is 0 Å². The van der Waals surface area contributed by atoms with Crippen molar-refractivity contribution in [2.75, 3.05) is 0 Å². The van der Waals surface area contributed by atoms with Gasteiger partial charge in [-0.25, -0.2) is 4.98 Å². The monoisotopic (exact) mass is 826 g/mol. The number of rotatable bonds is 8. The van der Waals surface area contributed by atoms with Crippen LogP contribution in [0.15, 0.2) is 255 Å². The van der Waals surface area contributed by atoms with E-state index in [2.05, 4.69) is 259 Å². The van der Waals surface area contributed by atoms with Crippen LogP contribution in [0.4, 0.5) is 0 Å². The largest absolute Gasteiger partial charge is 0.292 e. The first kappa shape index (κ1) is 38.1. The van der Waals surface area contributed by atoms with E-state index in [1.54, 1.807) is 0 Å². The van der Waals surface area contributed by atoms with Crippen LogP contribution in [0.2, 0.25) is 0 Å². The Kier molecular flexibility index (Phi) is 9.54. The summed E-state index contributed by atoms with van der Waals surface area (Å²) in [4.78, 5) is 5.24. The third kappa shape index (κ3) is 6.72. The smallest absolute Gasteiger partial charge is 0.145 e. The Morgan fingerprint density at radius 1 is 0.262 bits per heavy atom. The van der Waals surface area contributed by atoms with Gasteiger partial charge in [0.2, 0.25) is 0 Å². The molecule has 11 aromatic carbocycles. The average Bonchev–Trinajstić information content (AvgIpc) is 3.78. The number of hydrogen-bond acceptors (Lipinski definition) is 1. The molecule has 1 heterocycles. The van der Waals surface area contributed by atoms with Gasteiger partial charge in [-0.1, -0.05) is 218 Å². The van der Waals surface area contributed by atoms with Crippen molar-refractivity contribution < 1.29 is 0 Å². The Morgan fingerprint density at radius 3 is 1.18 bits per heavy atom. The first-order valence-electron chi connectivity index (χ1n) is 22.3. The number of para-hydroxylation sites is 3. The molecule has 0 fully saturated rings. The molecular weight excluding hydrogens is 785 g/mol. The van der Waals surface area contributed by atoms with Gasteiger partial charge in [0.1, 0.15) is 5.82 Å². The van der Waals surface area contributed by atoms with E-state index in [-0.39, 0.29) is 0 Å². The highest BCUT2D eigenvalue weighted by Crippen LogP contribution is 2.48. The van der Waals surface area contributed by atoms with Crippen molar-refractivity contribution in [2.45, 2.75) is 0 Å². The Labute approximate surface area is 379 Å². The number of nitrogens with zero attached hydrogens (tertiary/aromatic N) is 2. The van der Waals surface area contributed by atoms with Crippen LogP contribution in [0.3, 0.4) is 0 Å². The van der Waals surface area contributed by atoms with Crippen molar-refractivity contribution >= 4 is 32.6 Å². The quantitative estimate of drug-likeness (QED) is 0.140. The van der Waals surface area contributed by atoms with Gasteiger partial charge in [-0.05, 0) is 125 Å². The van der Waals surface area contributed by atoms with Gasteiger partial charge in [-0.2, -0.15) is 0 Å². The first-order chi connectivity index (χ1) is 32.3. The number of hydrogen-bond donors (Lipinski definition) is 0. The minimum Gasteiger partial charge on any atom is -0.292 e. The lowest BCUT2D eigenvalue weighted by Gasteiger charge is -2.21.